The van der Waals surface area contributed by atoms with E-state index in [1.165, 1.54) is 5.56 Å². The van der Waals surface area contributed by atoms with Crippen molar-refractivity contribution in [2.45, 2.75) is 13.0 Å². The van der Waals surface area contributed by atoms with Gasteiger partial charge < -0.3 is 20.1 Å². The molecule has 0 atom stereocenters. The molecule has 0 saturated carbocycles. The van der Waals surface area contributed by atoms with Crippen LogP contribution in [-0.4, -0.2) is 56.3 Å². The number of halogens is 1. The molecule has 1 aromatic heterocycles. The highest BCUT2D eigenvalue weighted by molar-refractivity contribution is 14.0. The number of nitrogens with one attached hydrogen (secondary N) is 2. The maximum atomic E-state index is 5.43. The van der Waals surface area contributed by atoms with E-state index in [9.17, 15) is 0 Å². The predicted octanol–water partition coefficient (Wildman–Crippen LogP) is 2.21. The summed E-state index contributed by atoms with van der Waals surface area (Å²) >= 11 is 0. The monoisotopic (exact) mass is 473 g/mol. The summed E-state index contributed by atoms with van der Waals surface area (Å²) in [5.41, 5.74) is 2.21. The average molecular weight is 473 g/mol. The molecule has 0 unspecified atom stereocenters. The van der Waals surface area contributed by atoms with Crippen LogP contribution in [0.15, 0.2) is 47.7 Å². The van der Waals surface area contributed by atoms with E-state index in [0.29, 0.717) is 26.4 Å². The zero-order chi connectivity index (χ0) is 17.7. The number of benzene rings is 1. The van der Waals surface area contributed by atoms with E-state index >= 15 is 0 Å². The van der Waals surface area contributed by atoms with Crippen molar-refractivity contribution >= 4 is 29.9 Å². The van der Waals surface area contributed by atoms with Crippen LogP contribution in [0.25, 0.3) is 5.69 Å². The molecule has 0 amide bonds. The Balaban J connectivity index is 0.00000338. The largest absolute Gasteiger partial charge is 0.382 e. The Kier molecular flexibility index (Phi) is 11.7. The summed E-state index contributed by atoms with van der Waals surface area (Å²) in [4.78, 5) is 4.24. The summed E-state index contributed by atoms with van der Waals surface area (Å²) in [6.07, 6.45) is 4.62. The van der Waals surface area contributed by atoms with Crippen molar-refractivity contribution in [3.63, 3.8) is 0 Å². The Hall–Kier alpha value is -1.65. The molecule has 0 aliphatic carbocycles. The van der Waals surface area contributed by atoms with E-state index in [0.717, 1.165) is 24.6 Å². The van der Waals surface area contributed by atoms with Crippen molar-refractivity contribution in [3.8, 4) is 5.69 Å². The molecule has 0 aliphatic rings. The predicted molar refractivity (Wildman–Crippen MR) is 114 cm³/mol. The molecule has 0 fully saturated rings. The Morgan fingerprint density at radius 1 is 1.19 bits per heavy atom. The van der Waals surface area contributed by atoms with Gasteiger partial charge in [0.25, 0.3) is 0 Å². The van der Waals surface area contributed by atoms with Gasteiger partial charge in [0, 0.05) is 46.2 Å². The van der Waals surface area contributed by atoms with Crippen LogP contribution in [0.5, 0.6) is 0 Å². The third-order valence-electron chi connectivity index (χ3n) is 3.55. The van der Waals surface area contributed by atoms with Gasteiger partial charge >= 0.3 is 0 Å². The van der Waals surface area contributed by atoms with Gasteiger partial charge in [-0.25, -0.2) is 4.68 Å². The maximum absolute atomic E-state index is 5.43. The Labute approximate surface area is 172 Å². The minimum absolute atomic E-state index is 0. The van der Waals surface area contributed by atoms with Gasteiger partial charge in [0.15, 0.2) is 5.96 Å². The van der Waals surface area contributed by atoms with Crippen LogP contribution in [0, 0.1) is 0 Å². The van der Waals surface area contributed by atoms with Gasteiger partial charge in [-0.1, -0.05) is 12.1 Å². The number of aromatic nitrogens is 2. The molecular weight excluding hydrogens is 445 g/mol. The highest BCUT2D eigenvalue weighted by Gasteiger charge is 2.01. The van der Waals surface area contributed by atoms with E-state index < -0.39 is 0 Å². The number of hydrogen-bond acceptors (Lipinski definition) is 4. The van der Waals surface area contributed by atoms with Gasteiger partial charge in [-0.05, 0) is 30.2 Å². The molecule has 0 aliphatic heterocycles. The number of aliphatic imine (C=N–C) groups is 1. The van der Waals surface area contributed by atoms with Crippen LogP contribution in [0.3, 0.4) is 0 Å². The van der Waals surface area contributed by atoms with Crippen molar-refractivity contribution in [1.29, 1.82) is 0 Å². The summed E-state index contributed by atoms with van der Waals surface area (Å²) in [5, 5.41) is 10.9. The molecule has 7 nitrogen and oxygen atoms in total. The lowest BCUT2D eigenvalue weighted by Crippen LogP contribution is -2.37. The zero-order valence-corrected chi connectivity index (χ0v) is 17.7. The normalized spacial score (nSPS) is 11.1. The summed E-state index contributed by atoms with van der Waals surface area (Å²) in [6.45, 7) is 3.47. The Bertz CT molecular complexity index is 634. The molecule has 0 spiro atoms. The highest BCUT2D eigenvalue weighted by Crippen LogP contribution is 2.09. The first-order valence-corrected chi connectivity index (χ1v) is 8.43. The average Bonchev–Trinajstić information content (AvgIpc) is 3.18. The fraction of sp³-hybridized carbons (Fsp3) is 0.444. The van der Waals surface area contributed by atoms with Crippen LogP contribution in [0.1, 0.15) is 12.0 Å². The quantitative estimate of drug-likeness (QED) is 0.240. The van der Waals surface area contributed by atoms with Crippen molar-refractivity contribution in [1.82, 2.24) is 20.4 Å². The molecule has 0 bridgehead atoms. The van der Waals surface area contributed by atoms with E-state index in [1.54, 1.807) is 20.4 Å². The van der Waals surface area contributed by atoms with Gasteiger partial charge in [0.05, 0.1) is 18.9 Å². The van der Waals surface area contributed by atoms with Crippen molar-refractivity contribution in [2.75, 3.05) is 40.5 Å². The molecule has 2 rings (SSSR count). The van der Waals surface area contributed by atoms with Gasteiger partial charge in [-0.3, -0.25) is 4.99 Å². The van der Waals surface area contributed by atoms with Crippen molar-refractivity contribution in [2.24, 2.45) is 4.99 Å². The number of rotatable bonds is 10. The van der Waals surface area contributed by atoms with Crippen LogP contribution in [-0.2, 0) is 16.0 Å². The molecule has 0 saturated heterocycles. The SMILES string of the molecule is CN=C(NCCCOCCOC)NCc1cccc(-n2cccn2)c1.I. The van der Waals surface area contributed by atoms with E-state index in [-0.39, 0.29) is 24.0 Å². The second-order valence-electron chi connectivity index (χ2n) is 5.43. The van der Waals surface area contributed by atoms with E-state index in [4.69, 9.17) is 9.47 Å². The van der Waals surface area contributed by atoms with Crippen molar-refractivity contribution in [3.05, 3.63) is 48.3 Å². The second-order valence-corrected chi connectivity index (χ2v) is 5.43. The minimum atomic E-state index is 0. The van der Waals surface area contributed by atoms with Gasteiger partial charge in [0.2, 0.25) is 0 Å². The first-order chi connectivity index (χ1) is 12.3. The van der Waals surface area contributed by atoms with Crippen molar-refractivity contribution < 1.29 is 9.47 Å². The smallest absolute Gasteiger partial charge is 0.191 e. The molecule has 26 heavy (non-hydrogen) atoms. The third kappa shape index (κ3) is 8.15. The molecule has 1 aromatic carbocycles. The maximum Gasteiger partial charge on any atom is 0.191 e. The molecule has 1 heterocycles. The molecule has 144 valence electrons. The van der Waals surface area contributed by atoms with Gasteiger partial charge in [-0.15, -0.1) is 24.0 Å². The Morgan fingerprint density at radius 3 is 2.81 bits per heavy atom. The van der Waals surface area contributed by atoms with Gasteiger partial charge in [0.1, 0.15) is 0 Å². The number of guanidine groups is 1. The zero-order valence-electron chi connectivity index (χ0n) is 15.4. The van der Waals surface area contributed by atoms with Gasteiger partial charge in [-0.2, -0.15) is 5.10 Å². The molecule has 8 heteroatoms. The van der Waals surface area contributed by atoms with Crippen LogP contribution in [0.2, 0.25) is 0 Å². The second kappa shape index (κ2) is 13.5. The molecule has 2 N–H and O–H groups in total. The van der Waals surface area contributed by atoms with Crippen LogP contribution < -0.4 is 10.6 Å². The summed E-state index contributed by atoms with van der Waals surface area (Å²) < 4.78 is 12.2. The standard InChI is InChI=1S/C18H27N5O2.HI/c1-19-18(20-8-5-11-25-13-12-24-2)21-15-16-6-3-7-17(14-16)23-10-4-9-22-23;/h3-4,6-7,9-10,14H,5,8,11-13,15H2,1-2H3,(H2,19,20,21);1H. The first-order valence-electron chi connectivity index (χ1n) is 8.43. The molecular formula is C18H28IN5O2. The lowest BCUT2D eigenvalue weighted by molar-refractivity contribution is 0.0698. The fourth-order valence-corrected chi connectivity index (χ4v) is 2.26. The summed E-state index contributed by atoms with van der Waals surface area (Å²) in [6, 6.07) is 10.2. The van der Waals surface area contributed by atoms with E-state index in [2.05, 4.69) is 32.9 Å². The summed E-state index contributed by atoms with van der Waals surface area (Å²) in [5.74, 6) is 0.779. The lowest BCUT2D eigenvalue weighted by atomic mass is 10.2. The van der Waals surface area contributed by atoms with Crippen LogP contribution >= 0.6 is 24.0 Å². The topological polar surface area (TPSA) is 72.7 Å². The first kappa shape index (κ1) is 22.4. The Morgan fingerprint density at radius 2 is 2.08 bits per heavy atom. The molecule has 2 aromatic rings. The lowest BCUT2D eigenvalue weighted by Gasteiger charge is -2.12. The number of nitrogens with zero attached hydrogens (tertiary/aromatic N) is 3. The highest BCUT2D eigenvalue weighted by atomic mass is 127. The van der Waals surface area contributed by atoms with E-state index in [1.807, 2.05) is 29.1 Å². The third-order valence-corrected chi connectivity index (χ3v) is 3.55. The fourth-order valence-electron chi connectivity index (χ4n) is 2.26. The molecule has 0 radical (unpaired) electrons. The number of methoxy groups -OCH3 is 1. The number of ether oxygens (including phenoxy) is 2. The number of hydrogen-bond donors (Lipinski definition) is 2. The minimum Gasteiger partial charge on any atom is -0.382 e. The van der Waals surface area contributed by atoms with Crippen LogP contribution in [0.4, 0.5) is 0 Å². The summed E-state index contributed by atoms with van der Waals surface area (Å²) in [7, 11) is 3.44.